The normalized spacial score (nSPS) is 11.8. The van der Waals surface area contributed by atoms with E-state index in [1.807, 2.05) is 12.7 Å². The summed E-state index contributed by atoms with van der Waals surface area (Å²) in [5.74, 6) is 1.85. The topological polar surface area (TPSA) is 20.6 Å². The summed E-state index contributed by atoms with van der Waals surface area (Å²) in [7, 11) is 0. The third-order valence-corrected chi connectivity index (χ3v) is 2.54. The lowest BCUT2D eigenvalue weighted by Gasteiger charge is -2.12. The summed E-state index contributed by atoms with van der Waals surface area (Å²) in [6, 6.07) is 0.919. The Morgan fingerprint density at radius 1 is 0.867 bits per heavy atom. The maximum atomic E-state index is 4.30. The zero-order valence-electron chi connectivity index (χ0n) is 10.7. The molecule has 0 fully saturated rings. The summed E-state index contributed by atoms with van der Waals surface area (Å²) in [4.78, 5) is 4.30. The average molecular weight is 209 g/mol. The van der Waals surface area contributed by atoms with Gasteiger partial charge in [-0.2, -0.15) is 9.13 Å². The molecule has 84 valence electrons. The van der Waals surface area contributed by atoms with Gasteiger partial charge in [0.1, 0.15) is 12.1 Å². The molecule has 1 heterocycles. The van der Waals surface area contributed by atoms with Crippen LogP contribution < -0.4 is 9.13 Å². The summed E-state index contributed by atoms with van der Waals surface area (Å²) < 4.78 is 4.51. The van der Waals surface area contributed by atoms with E-state index in [0.717, 1.165) is 0 Å². The maximum absolute atomic E-state index is 4.30. The second-order valence-corrected chi connectivity index (χ2v) is 4.89. The Hall–Kier alpha value is -0.990. The van der Waals surface area contributed by atoms with Crippen LogP contribution in [0.5, 0.6) is 0 Å². The molecule has 0 saturated carbocycles. The van der Waals surface area contributed by atoms with E-state index in [9.17, 15) is 0 Å². The van der Waals surface area contributed by atoms with E-state index in [1.54, 1.807) is 0 Å². The summed E-state index contributed by atoms with van der Waals surface area (Å²) in [5.41, 5.74) is 0. The number of hydrogen-bond donors (Lipinski definition) is 0. The van der Waals surface area contributed by atoms with Gasteiger partial charge in [-0.05, 0) is 41.5 Å². The van der Waals surface area contributed by atoms with Gasteiger partial charge in [-0.3, -0.25) is 0 Å². The Morgan fingerprint density at radius 2 is 1.27 bits per heavy atom. The molecular weight excluding hydrogens is 186 g/mol. The number of hydrogen-bond acceptors (Lipinski definition) is 1. The van der Waals surface area contributed by atoms with Gasteiger partial charge in [0.15, 0.2) is 0 Å². The minimum absolute atomic E-state index is 0.459. The molecular formula is C12H23N3+2. The largest absolute Gasteiger partial charge is 0.358 e. The quantitative estimate of drug-likeness (QED) is 0.697. The van der Waals surface area contributed by atoms with Crippen LogP contribution in [0.2, 0.25) is 0 Å². The molecule has 0 aliphatic carbocycles. The van der Waals surface area contributed by atoms with Crippen molar-refractivity contribution < 1.29 is 9.13 Å². The smallest absolute Gasteiger partial charge is 0.158 e. The van der Waals surface area contributed by atoms with Gasteiger partial charge in [-0.15, -0.1) is 0 Å². The minimum atomic E-state index is 0.459. The van der Waals surface area contributed by atoms with Crippen LogP contribution in [0.25, 0.3) is 0 Å². The predicted octanol–water partition coefficient (Wildman–Crippen LogP) is 1.94. The highest BCUT2D eigenvalue weighted by atomic mass is 15.2. The molecule has 0 spiro atoms. The molecule has 0 aromatic carbocycles. The molecule has 1 rings (SSSR count). The van der Waals surface area contributed by atoms with Crippen molar-refractivity contribution in [2.45, 2.75) is 59.5 Å². The van der Waals surface area contributed by atoms with Crippen molar-refractivity contribution in [1.82, 2.24) is 4.98 Å². The molecule has 0 saturated heterocycles. The highest BCUT2D eigenvalue weighted by Gasteiger charge is 2.27. The van der Waals surface area contributed by atoms with Crippen molar-refractivity contribution in [3.05, 3.63) is 18.5 Å². The van der Waals surface area contributed by atoms with Gasteiger partial charge in [-0.25, -0.2) is 0 Å². The monoisotopic (exact) mass is 209 g/mol. The van der Waals surface area contributed by atoms with E-state index >= 15 is 0 Å². The fraction of sp³-hybridized carbons (Fsp3) is 0.750. The van der Waals surface area contributed by atoms with E-state index in [2.05, 4.69) is 55.7 Å². The van der Waals surface area contributed by atoms with Gasteiger partial charge in [-0.1, -0.05) is 0 Å². The van der Waals surface area contributed by atoms with Crippen molar-refractivity contribution in [2.24, 2.45) is 0 Å². The van der Waals surface area contributed by atoms with Gasteiger partial charge in [0.2, 0.25) is 0 Å². The summed E-state index contributed by atoms with van der Waals surface area (Å²) in [5, 5.41) is 0. The molecule has 0 atom stereocenters. The first kappa shape index (κ1) is 12.1. The van der Waals surface area contributed by atoms with Crippen LogP contribution in [0, 0.1) is 0 Å². The Balaban J connectivity index is 3.35. The lowest BCUT2D eigenvalue weighted by atomic mass is 10.1. The van der Waals surface area contributed by atoms with E-state index in [4.69, 9.17) is 0 Å². The average Bonchev–Trinajstić information content (AvgIpc) is 2.16. The first-order valence-electron chi connectivity index (χ1n) is 5.75. The molecule has 0 bridgehead atoms. The van der Waals surface area contributed by atoms with Crippen molar-refractivity contribution in [3.63, 3.8) is 0 Å². The molecule has 3 nitrogen and oxygen atoms in total. The molecule has 0 aliphatic rings. The lowest BCUT2D eigenvalue weighted by Crippen LogP contribution is -2.56. The minimum Gasteiger partial charge on any atom is -0.158 e. The molecule has 0 N–H and O–H groups in total. The molecule has 0 aliphatic heterocycles. The second kappa shape index (κ2) is 4.69. The summed E-state index contributed by atoms with van der Waals surface area (Å²) in [6.45, 7) is 13.2. The number of aromatic nitrogens is 3. The summed E-state index contributed by atoms with van der Waals surface area (Å²) >= 11 is 0. The van der Waals surface area contributed by atoms with Crippen molar-refractivity contribution in [1.29, 1.82) is 0 Å². The van der Waals surface area contributed by atoms with Gasteiger partial charge in [0, 0.05) is 0 Å². The fourth-order valence-corrected chi connectivity index (χ4v) is 1.82. The Bertz CT molecular complexity index is 303. The fourth-order valence-electron chi connectivity index (χ4n) is 1.82. The SMILES string of the molecule is CC(C)c1[n+](C(C)C)cnc[n+]1C(C)C. The summed E-state index contributed by atoms with van der Waals surface area (Å²) in [6.07, 6.45) is 3.86. The van der Waals surface area contributed by atoms with Crippen LogP contribution in [0.15, 0.2) is 12.7 Å². The molecule has 0 amide bonds. The van der Waals surface area contributed by atoms with E-state index in [-0.39, 0.29) is 0 Å². The van der Waals surface area contributed by atoms with Gasteiger partial charge in [0.05, 0.1) is 10.9 Å². The van der Waals surface area contributed by atoms with E-state index < -0.39 is 0 Å². The van der Waals surface area contributed by atoms with E-state index in [0.29, 0.717) is 18.0 Å². The van der Waals surface area contributed by atoms with Crippen molar-refractivity contribution in [2.75, 3.05) is 0 Å². The van der Waals surface area contributed by atoms with Crippen LogP contribution in [0.3, 0.4) is 0 Å². The first-order valence-corrected chi connectivity index (χ1v) is 5.75. The molecule has 1 aromatic rings. The Kier molecular flexibility index (Phi) is 3.77. The number of rotatable bonds is 3. The van der Waals surface area contributed by atoms with E-state index in [1.165, 1.54) is 5.82 Å². The van der Waals surface area contributed by atoms with Crippen LogP contribution in [-0.2, 0) is 0 Å². The Morgan fingerprint density at radius 3 is 1.53 bits per heavy atom. The molecule has 1 aromatic heterocycles. The third-order valence-electron chi connectivity index (χ3n) is 2.54. The molecule has 3 heteroatoms. The van der Waals surface area contributed by atoms with Gasteiger partial charge < -0.3 is 0 Å². The highest BCUT2D eigenvalue weighted by Crippen LogP contribution is 2.08. The predicted molar refractivity (Wildman–Crippen MR) is 59.5 cm³/mol. The second-order valence-electron chi connectivity index (χ2n) is 4.89. The van der Waals surface area contributed by atoms with Crippen molar-refractivity contribution >= 4 is 0 Å². The zero-order chi connectivity index (χ0) is 11.6. The van der Waals surface area contributed by atoms with Crippen molar-refractivity contribution in [3.8, 4) is 0 Å². The standard InChI is InChI=1S/C12H23N3/c1-9(2)12-14(10(3)4)7-13-8-15(12)11(5)6/h7-11H,1-6H3/q+2. The van der Waals surface area contributed by atoms with Crippen LogP contribution >= 0.6 is 0 Å². The zero-order valence-corrected chi connectivity index (χ0v) is 10.7. The van der Waals surface area contributed by atoms with Crippen LogP contribution in [-0.4, -0.2) is 4.98 Å². The first-order chi connectivity index (χ1) is 6.95. The number of nitrogens with zero attached hydrogens (tertiary/aromatic N) is 3. The van der Waals surface area contributed by atoms with Crippen LogP contribution in [0.1, 0.15) is 65.4 Å². The molecule has 15 heavy (non-hydrogen) atoms. The maximum Gasteiger partial charge on any atom is 0.358 e. The highest BCUT2D eigenvalue weighted by molar-refractivity contribution is 4.74. The molecule has 0 unspecified atom stereocenters. The van der Waals surface area contributed by atoms with Crippen LogP contribution in [0.4, 0.5) is 0 Å². The molecule has 0 radical (unpaired) electrons. The third kappa shape index (κ3) is 2.52. The van der Waals surface area contributed by atoms with Gasteiger partial charge in [0.25, 0.3) is 0 Å². The Labute approximate surface area is 92.8 Å². The lowest BCUT2D eigenvalue weighted by molar-refractivity contribution is -0.859. The van der Waals surface area contributed by atoms with Gasteiger partial charge >= 0.3 is 18.5 Å².